The van der Waals surface area contributed by atoms with Crippen molar-refractivity contribution in [2.24, 2.45) is 0 Å². The van der Waals surface area contributed by atoms with E-state index in [0.717, 1.165) is 32.5 Å². The summed E-state index contributed by atoms with van der Waals surface area (Å²) < 4.78 is 10.8. The van der Waals surface area contributed by atoms with Gasteiger partial charge in [0.15, 0.2) is 0 Å². The number of unbranched alkanes of at least 4 members (excludes halogenated alkanes) is 6. The Balaban J connectivity index is 0. The first-order chi connectivity index (χ1) is 8.91. The molecule has 0 heterocycles. The minimum atomic E-state index is 0. The molecule has 0 aliphatic heterocycles. The normalized spacial score (nSPS) is 10.8. The zero-order chi connectivity index (χ0) is 13.3. The molecule has 0 aromatic carbocycles. The summed E-state index contributed by atoms with van der Waals surface area (Å²) in [5.41, 5.74) is 0. The van der Waals surface area contributed by atoms with Crippen LogP contribution in [0.1, 0.15) is 64.7 Å². The number of rotatable bonds is 14. The van der Waals surface area contributed by atoms with Gasteiger partial charge in [0.1, 0.15) is 6.79 Å². The Morgan fingerprint density at radius 1 is 0.842 bits per heavy atom. The Labute approximate surface area is 132 Å². The summed E-state index contributed by atoms with van der Waals surface area (Å²) in [7, 11) is 0. The molecular formula is C16H32LiO2. The molecule has 0 atom stereocenters. The molecule has 0 amide bonds. The topological polar surface area (TPSA) is 18.5 Å². The van der Waals surface area contributed by atoms with Crippen LogP contribution in [0.25, 0.3) is 0 Å². The van der Waals surface area contributed by atoms with Crippen molar-refractivity contribution in [2.75, 3.05) is 20.0 Å². The first-order valence-electron chi connectivity index (χ1n) is 7.51. The quantitative estimate of drug-likeness (QED) is 0.202. The fraction of sp³-hybridized carbons (Fsp3) is 0.812. The van der Waals surface area contributed by atoms with E-state index in [1.807, 2.05) is 0 Å². The molecule has 0 spiro atoms. The molecule has 0 N–H and O–H groups in total. The SMILES string of the molecule is [CH2]C/C=C/CCOCOCCCCCCCCC.[LiH]. The average molecular weight is 263 g/mol. The molecule has 3 heteroatoms. The van der Waals surface area contributed by atoms with Crippen molar-refractivity contribution in [3.63, 3.8) is 0 Å². The van der Waals surface area contributed by atoms with Crippen LogP contribution in [0.15, 0.2) is 12.2 Å². The predicted molar refractivity (Wildman–Crippen MR) is 85.6 cm³/mol. The van der Waals surface area contributed by atoms with Crippen LogP contribution in [0, 0.1) is 6.92 Å². The Morgan fingerprint density at radius 2 is 1.47 bits per heavy atom. The predicted octanol–water partition coefficient (Wildman–Crippen LogP) is 4.25. The van der Waals surface area contributed by atoms with Gasteiger partial charge in [0.25, 0.3) is 0 Å². The standard InChI is InChI=1S/C16H31O2.Li.H/c1-3-5-7-9-10-11-13-15-18-16-17-14-12-8-6-4-2;;/h6,8H,2-5,7,9-16H2,1H3;;/b8-6+;;. The van der Waals surface area contributed by atoms with Gasteiger partial charge in [0.05, 0.1) is 6.61 Å². The summed E-state index contributed by atoms with van der Waals surface area (Å²) in [6, 6.07) is 0. The van der Waals surface area contributed by atoms with Crippen molar-refractivity contribution in [3.8, 4) is 0 Å². The summed E-state index contributed by atoms with van der Waals surface area (Å²) in [5, 5.41) is 0. The van der Waals surface area contributed by atoms with Crippen molar-refractivity contribution < 1.29 is 9.47 Å². The van der Waals surface area contributed by atoms with Crippen LogP contribution in [0.5, 0.6) is 0 Å². The molecule has 0 fully saturated rings. The van der Waals surface area contributed by atoms with Gasteiger partial charge in [-0.15, -0.1) is 0 Å². The maximum absolute atomic E-state index is 5.41. The Bertz CT molecular complexity index is 172. The van der Waals surface area contributed by atoms with Gasteiger partial charge < -0.3 is 9.47 Å². The molecule has 0 saturated carbocycles. The van der Waals surface area contributed by atoms with Gasteiger partial charge in [0.2, 0.25) is 0 Å². The van der Waals surface area contributed by atoms with Crippen molar-refractivity contribution in [3.05, 3.63) is 19.1 Å². The second-order valence-corrected chi connectivity index (χ2v) is 4.60. The molecule has 0 rings (SSSR count). The summed E-state index contributed by atoms with van der Waals surface area (Å²) in [4.78, 5) is 0. The first kappa shape index (κ1) is 21.6. The van der Waals surface area contributed by atoms with Crippen molar-refractivity contribution in [1.82, 2.24) is 0 Å². The van der Waals surface area contributed by atoms with Crippen molar-refractivity contribution in [1.29, 1.82) is 0 Å². The number of hydrogen-bond donors (Lipinski definition) is 0. The van der Waals surface area contributed by atoms with Crippen molar-refractivity contribution in [2.45, 2.75) is 64.7 Å². The second-order valence-electron chi connectivity index (χ2n) is 4.60. The Hall–Kier alpha value is 0.257. The number of ether oxygens (including phenoxy) is 2. The van der Waals surface area contributed by atoms with E-state index in [4.69, 9.17) is 9.47 Å². The monoisotopic (exact) mass is 263 g/mol. The van der Waals surface area contributed by atoms with Crippen LogP contribution in [-0.4, -0.2) is 38.9 Å². The van der Waals surface area contributed by atoms with Gasteiger partial charge in [-0.3, -0.25) is 0 Å². The molecule has 2 nitrogen and oxygen atoms in total. The molecule has 1 radical (unpaired) electrons. The maximum atomic E-state index is 5.41. The summed E-state index contributed by atoms with van der Waals surface area (Å²) >= 11 is 0. The molecular weight excluding hydrogens is 231 g/mol. The number of hydrogen-bond acceptors (Lipinski definition) is 2. The summed E-state index contributed by atoms with van der Waals surface area (Å²) in [6.45, 7) is 8.00. The molecule has 0 aromatic heterocycles. The third-order valence-corrected chi connectivity index (χ3v) is 2.82. The van der Waals surface area contributed by atoms with Crippen LogP contribution in [0.2, 0.25) is 0 Å². The van der Waals surface area contributed by atoms with E-state index < -0.39 is 0 Å². The Kier molecular flexibility index (Phi) is 23.3. The van der Waals surface area contributed by atoms with E-state index in [-0.39, 0.29) is 18.9 Å². The van der Waals surface area contributed by atoms with Gasteiger partial charge >= 0.3 is 18.9 Å². The second kappa shape index (κ2) is 20.6. The Morgan fingerprint density at radius 3 is 2.16 bits per heavy atom. The average Bonchev–Trinajstić information content (AvgIpc) is 2.39. The molecule has 0 bridgehead atoms. The van der Waals surface area contributed by atoms with Crippen LogP contribution >= 0.6 is 0 Å². The van der Waals surface area contributed by atoms with E-state index in [1.165, 1.54) is 38.5 Å². The number of allylic oxidation sites excluding steroid dienone is 1. The van der Waals surface area contributed by atoms with E-state index in [0.29, 0.717) is 6.79 Å². The minimum absolute atomic E-state index is 0. The van der Waals surface area contributed by atoms with Gasteiger partial charge in [-0.1, -0.05) is 57.6 Å². The third kappa shape index (κ3) is 20.7. The van der Waals surface area contributed by atoms with Gasteiger partial charge in [0, 0.05) is 6.61 Å². The molecule has 109 valence electrons. The first-order valence-corrected chi connectivity index (χ1v) is 7.51. The van der Waals surface area contributed by atoms with Gasteiger partial charge in [-0.05, 0) is 26.2 Å². The van der Waals surface area contributed by atoms with E-state index in [2.05, 4.69) is 26.0 Å². The fourth-order valence-electron chi connectivity index (χ4n) is 1.73. The fourth-order valence-corrected chi connectivity index (χ4v) is 1.73. The summed E-state index contributed by atoms with van der Waals surface area (Å²) in [6.07, 6.45) is 15.2. The van der Waals surface area contributed by atoms with E-state index in [1.54, 1.807) is 0 Å². The molecule has 19 heavy (non-hydrogen) atoms. The van der Waals surface area contributed by atoms with Crippen LogP contribution in [0.3, 0.4) is 0 Å². The zero-order valence-corrected chi connectivity index (χ0v) is 12.2. The zero-order valence-electron chi connectivity index (χ0n) is 12.2. The molecule has 0 aromatic rings. The van der Waals surface area contributed by atoms with E-state index >= 15 is 0 Å². The summed E-state index contributed by atoms with van der Waals surface area (Å²) in [5.74, 6) is 0. The van der Waals surface area contributed by atoms with Crippen LogP contribution < -0.4 is 0 Å². The molecule has 0 aliphatic rings. The van der Waals surface area contributed by atoms with Crippen molar-refractivity contribution >= 4 is 18.9 Å². The van der Waals surface area contributed by atoms with Crippen LogP contribution in [0.4, 0.5) is 0 Å². The van der Waals surface area contributed by atoms with Gasteiger partial charge in [-0.2, -0.15) is 0 Å². The molecule has 0 aliphatic carbocycles. The third-order valence-electron chi connectivity index (χ3n) is 2.82. The van der Waals surface area contributed by atoms with Crippen LogP contribution in [-0.2, 0) is 9.47 Å². The van der Waals surface area contributed by atoms with E-state index in [9.17, 15) is 0 Å². The molecule has 0 unspecified atom stereocenters. The molecule has 0 saturated heterocycles. The van der Waals surface area contributed by atoms with Gasteiger partial charge in [-0.25, -0.2) is 0 Å².